The van der Waals surface area contributed by atoms with Crippen molar-refractivity contribution in [1.29, 1.82) is 0 Å². The van der Waals surface area contributed by atoms with E-state index in [0.717, 1.165) is 48.2 Å². The van der Waals surface area contributed by atoms with Crippen LogP contribution in [0.3, 0.4) is 0 Å². The first-order valence-corrected chi connectivity index (χ1v) is 11.3. The van der Waals surface area contributed by atoms with Crippen molar-refractivity contribution in [1.82, 2.24) is 9.91 Å². The van der Waals surface area contributed by atoms with E-state index in [9.17, 15) is 9.90 Å². The molecule has 1 saturated heterocycles. The molecule has 3 aromatic rings. The van der Waals surface area contributed by atoms with E-state index in [2.05, 4.69) is 14.9 Å². The second kappa shape index (κ2) is 8.56. The Morgan fingerprint density at radius 3 is 2.65 bits per heavy atom. The van der Waals surface area contributed by atoms with Crippen LogP contribution in [0, 0.1) is 0 Å². The largest absolute Gasteiger partial charge is 0.506 e. The lowest BCUT2D eigenvalue weighted by molar-refractivity contribution is -0.134. The van der Waals surface area contributed by atoms with Gasteiger partial charge in [-0.05, 0) is 35.7 Å². The van der Waals surface area contributed by atoms with Crippen molar-refractivity contribution in [3.05, 3.63) is 70.8 Å². The van der Waals surface area contributed by atoms with Gasteiger partial charge in [0.1, 0.15) is 17.6 Å². The topological polar surface area (TPSA) is 72.5 Å². The maximum absolute atomic E-state index is 13.2. The first-order chi connectivity index (χ1) is 15.2. The zero-order valence-electron chi connectivity index (χ0n) is 17.1. The minimum absolute atomic E-state index is 0.0241. The highest BCUT2D eigenvalue weighted by Gasteiger charge is 2.36. The predicted octanol–water partition coefficient (Wildman–Crippen LogP) is 3.55. The summed E-state index contributed by atoms with van der Waals surface area (Å²) in [6, 6.07) is 15.0. The van der Waals surface area contributed by atoms with Gasteiger partial charge in [0, 0.05) is 32.6 Å². The number of thiophene rings is 1. The zero-order valence-corrected chi connectivity index (χ0v) is 17.9. The summed E-state index contributed by atoms with van der Waals surface area (Å²) in [4.78, 5) is 18.6. The van der Waals surface area contributed by atoms with Crippen LogP contribution in [0.25, 0.3) is 0 Å². The normalized spacial score (nSPS) is 19.6. The van der Waals surface area contributed by atoms with Crippen LogP contribution in [-0.4, -0.2) is 59.4 Å². The number of phenols is 1. The van der Waals surface area contributed by atoms with E-state index in [1.165, 1.54) is 0 Å². The Bertz CT molecular complexity index is 1060. The van der Waals surface area contributed by atoms with E-state index in [1.54, 1.807) is 28.7 Å². The molecule has 1 amide bonds. The fraction of sp³-hybridized carbons (Fsp3) is 0.304. The lowest BCUT2D eigenvalue weighted by Crippen LogP contribution is -2.49. The van der Waals surface area contributed by atoms with Crippen LogP contribution in [0.4, 0.5) is 5.69 Å². The Kier molecular flexibility index (Phi) is 5.48. The molecule has 0 bridgehead atoms. The third-order valence-corrected chi connectivity index (χ3v) is 6.72. The molecule has 0 aliphatic carbocycles. The van der Waals surface area contributed by atoms with E-state index in [-0.39, 0.29) is 11.9 Å². The molecular formula is C23H24N4O3S. The number of aromatic hydroxyl groups is 1. The second-order valence-electron chi connectivity index (χ2n) is 7.75. The van der Waals surface area contributed by atoms with Crippen LogP contribution < -0.4 is 4.90 Å². The molecule has 1 atom stereocenters. The summed E-state index contributed by atoms with van der Waals surface area (Å²) >= 11 is 1.63. The van der Waals surface area contributed by atoms with Crippen molar-refractivity contribution < 1.29 is 14.3 Å². The molecule has 1 aromatic carbocycles. The van der Waals surface area contributed by atoms with Crippen molar-refractivity contribution >= 4 is 28.6 Å². The number of hydrogen-bond acceptors (Lipinski definition) is 7. The van der Waals surface area contributed by atoms with E-state index < -0.39 is 0 Å². The fourth-order valence-electron chi connectivity index (χ4n) is 4.18. The lowest BCUT2D eigenvalue weighted by Gasteiger charge is -2.36. The van der Waals surface area contributed by atoms with Crippen LogP contribution in [0.2, 0.25) is 0 Å². The molecule has 2 aliphatic rings. The van der Waals surface area contributed by atoms with Gasteiger partial charge in [0.05, 0.1) is 29.1 Å². The maximum atomic E-state index is 13.2. The Hall–Kier alpha value is -3.10. The highest BCUT2D eigenvalue weighted by atomic mass is 32.1. The van der Waals surface area contributed by atoms with E-state index in [1.807, 2.05) is 47.8 Å². The van der Waals surface area contributed by atoms with Crippen LogP contribution in [0.5, 0.6) is 5.75 Å². The molecule has 0 saturated carbocycles. The van der Waals surface area contributed by atoms with Gasteiger partial charge in [-0.25, -0.2) is 5.01 Å². The van der Waals surface area contributed by atoms with Gasteiger partial charge in [-0.2, -0.15) is 5.10 Å². The van der Waals surface area contributed by atoms with Crippen molar-refractivity contribution in [3.63, 3.8) is 0 Å². The van der Waals surface area contributed by atoms with Gasteiger partial charge in [0.2, 0.25) is 0 Å². The first-order valence-electron chi connectivity index (χ1n) is 10.4. The molecule has 2 aromatic heterocycles. The first kappa shape index (κ1) is 19.8. The number of carbonyl (C=O) groups is 1. The maximum Gasteiger partial charge on any atom is 0.257 e. The average Bonchev–Trinajstić information content (AvgIpc) is 3.55. The van der Waals surface area contributed by atoms with Crippen molar-refractivity contribution in [2.75, 3.05) is 37.6 Å². The van der Waals surface area contributed by atoms with Crippen LogP contribution in [0.1, 0.15) is 23.1 Å². The third kappa shape index (κ3) is 4.08. The smallest absolute Gasteiger partial charge is 0.257 e. The number of benzene rings is 1. The van der Waals surface area contributed by atoms with Gasteiger partial charge in [-0.1, -0.05) is 18.2 Å². The number of para-hydroxylation sites is 2. The summed E-state index contributed by atoms with van der Waals surface area (Å²) in [6.45, 7) is 3.33. The van der Waals surface area contributed by atoms with E-state index in [4.69, 9.17) is 4.42 Å². The minimum atomic E-state index is -0.206. The Balaban J connectivity index is 1.26. The number of piperazine rings is 1. The molecule has 160 valence electrons. The predicted molar refractivity (Wildman–Crippen MR) is 121 cm³/mol. The van der Waals surface area contributed by atoms with E-state index in [0.29, 0.717) is 18.7 Å². The molecule has 8 heteroatoms. The highest BCUT2D eigenvalue weighted by molar-refractivity contribution is 7.12. The number of amides is 1. The van der Waals surface area contributed by atoms with Gasteiger partial charge in [-0.15, -0.1) is 11.3 Å². The number of nitrogens with zero attached hydrogens (tertiary/aromatic N) is 4. The molecule has 2 aliphatic heterocycles. The zero-order chi connectivity index (χ0) is 21.2. The number of hydrogen-bond donors (Lipinski definition) is 1. The van der Waals surface area contributed by atoms with E-state index >= 15 is 0 Å². The molecule has 5 rings (SSSR count). The molecular weight excluding hydrogens is 412 g/mol. The SMILES string of the molecule is O=C(CN1CCN(c2ccccc2O)CC1)N1N=C(c2cccs2)CC1c1ccco1. The molecule has 1 unspecified atom stereocenters. The molecule has 1 fully saturated rings. The van der Waals surface area contributed by atoms with Crippen molar-refractivity contribution in [2.24, 2.45) is 5.10 Å². The standard InChI is InChI=1S/C23H24N4O3S/c28-20-6-2-1-5-18(20)26-11-9-25(10-12-26)16-23(29)27-19(21-7-3-13-30-21)15-17(24-27)22-8-4-14-31-22/h1-8,13-14,19,28H,9-12,15-16H2. The molecule has 4 heterocycles. The minimum Gasteiger partial charge on any atom is -0.506 e. The molecule has 0 radical (unpaired) electrons. The van der Waals surface area contributed by atoms with Gasteiger partial charge >= 0.3 is 0 Å². The van der Waals surface area contributed by atoms with Crippen LogP contribution >= 0.6 is 11.3 Å². The number of hydrazone groups is 1. The summed E-state index contributed by atoms with van der Waals surface area (Å²) in [5.74, 6) is 1.03. The quantitative estimate of drug-likeness (QED) is 0.662. The summed E-state index contributed by atoms with van der Waals surface area (Å²) in [7, 11) is 0. The number of carbonyl (C=O) groups excluding carboxylic acids is 1. The van der Waals surface area contributed by atoms with Crippen molar-refractivity contribution in [2.45, 2.75) is 12.5 Å². The summed E-state index contributed by atoms with van der Waals surface area (Å²) in [6.07, 6.45) is 2.29. The average molecular weight is 437 g/mol. The van der Waals surface area contributed by atoms with Gasteiger partial charge in [-0.3, -0.25) is 9.69 Å². The molecule has 1 N–H and O–H groups in total. The second-order valence-corrected chi connectivity index (χ2v) is 8.70. The van der Waals surface area contributed by atoms with Gasteiger partial charge < -0.3 is 14.4 Å². The number of furan rings is 1. The monoisotopic (exact) mass is 436 g/mol. The molecule has 0 spiro atoms. The number of phenolic OH excluding ortho intramolecular Hbond substituents is 1. The summed E-state index contributed by atoms with van der Waals surface area (Å²) < 4.78 is 5.62. The van der Waals surface area contributed by atoms with Crippen LogP contribution in [-0.2, 0) is 4.79 Å². The van der Waals surface area contributed by atoms with Crippen molar-refractivity contribution in [3.8, 4) is 5.75 Å². The van der Waals surface area contributed by atoms with Gasteiger partial charge in [0.25, 0.3) is 5.91 Å². The summed E-state index contributed by atoms with van der Waals surface area (Å²) in [5.41, 5.74) is 1.77. The number of rotatable bonds is 5. The van der Waals surface area contributed by atoms with Crippen LogP contribution in [0.15, 0.2) is 69.7 Å². The molecule has 31 heavy (non-hydrogen) atoms. The van der Waals surface area contributed by atoms with Gasteiger partial charge in [0.15, 0.2) is 0 Å². The third-order valence-electron chi connectivity index (χ3n) is 5.80. The summed E-state index contributed by atoms with van der Waals surface area (Å²) in [5, 5.41) is 18.4. The Morgan fingerprint density at radius 1 is 1.10 bits per heavy atom. The Morgan fingerprint density at radius 2 is 1.94 bits per heavy atom. The molecule has 7 nitrogen and oxygen atoms in total. The highest BCUT2D eigenvalue weighted by Crippen LogP contribution is 2.34. The lowest BCUT2D eigenvalue weighted by atomic mass is 10.1. The fourth-order valence-corrected chi connectivity index (χ4v) is 4.90. The number of anilines is 1. The Labute approximate surface area is 184 Å².